The summed E-state index contributed by atoms with van der Waals surface area (Å²) in [6, 6.07) is 15.8. The summed E-state index contributed by atoms with van der Waals surface area (Å²) in [7, 11) is 5.54. The average Bonchev–Trinajstić information content (AvgIpc) is 2.59. The minimum absolute atomic E-state index is 0.136. The Morgan fingerprint density at radius 3 is 2.58 bits per heavy atom. The van der Waals surface area contributed by atoms with E-state index >= 15 is 0 Å². The first-order valence-corrected chi connectivity index (χ1v) is 7.58. The standard InChI is InChI=1S/C19H19N3O2/c1-22(2)12-8-9-14-17(10-12)24-19(21)15(11-20)18(14)13-6-4-5-7-16(13)23-3/h4-10,18H,21H2,1-3H3. The molecule has 3 rings (SSSR count). The molecule has 0 spiro atoms. The summed E-state index contributed by atoms with van der Waals surface area (Å²) >= 11 is 0. The number of nitrogens with two attached hydrogens (primary N) is 1. The quantitative estimate of drug-likeness (QED) is 0.941. The number of benzene rings is 2. The van der Waals surface area contributed by atoms with Gasteiger partial charge in [-0.3, -0.25) is 0 Å². The maximum absolute atomic E-state index is 9.61. The van der Waals surface area contributed by atoms with Crippen molar-refractivity contribution < 1.29 is 9.47 Å². The molecule has 2 N–H and O–H groups in total. The van der Waals surface area contributed by atoms with Crippen LogP contribution in [0.3, 0.4) is 0 Å². The van der Waals surface area contributed by atoms with Crippen LogP contribution in [-0.4, -0.2) is 21.2 Å². The molecule has 0 radical (unpaired) electrons. The second-order valence-electron chi connectivity index (χ2n) is 5.78. The average molecular weight is 321 g/mol. The van der Waals surface area contributed by atoms with Crippen LogP contribution in [-0.2, 0) is 0 Å². The number of ether oxygens (including phenoxy) is 2. The van der Waals surface area contributed by atoms with Gasteiger partial charge in [0.25, 0.3) is 0 Å². The van der Waals surface area contributed by atoms with Crippen molar-refractivity contribution in [2.75, 3.05) is 26.1 Å². The van der Waals surface area contributed by atoms with E-state index < -0.39 is 0 Å². The van der Waals surface area contributed by atoms with Crippen molar-refractivity contribution in [3.8, 4) is 17.6 Å². The highest BCUT2D eigenvalue weighted by Gasteiger charge is 2.32. The largest absolute Gasteiger partial charge is 0.496 e. The van der Waals surface area contributed by atoms with Gasteiger partial charge in [0.1, 0.15) is 23.1 Å². The first kappa shape index (κ1) is 15.8. The number of hydrogen-bond donors (Lipinski definition) is 1. The Kier molecular flexibility index (Phi) is 4.05. The maximum atomic E-state index is 9.61. The van der Waals surface area contributed by atoms with E-state index in [0.29, 0.717) is 17.1 Å². The van der Waals surface area contributed by atoms with E-state index in [1.165, 1.54) is 0 Å². The number of rotatable bonds is 3. The summed E-state index contributed by atoms with van der Waals surface area (Å²) in [6.45, 7) is 0. The SMILES string of the molecule is COc1ccccc1C1C(C#N)=C(N)Oc2cc(N(C)C)ccc21. The van der Waals surface area contributed by atoms with Gasteiger partial charge in [0.05, 0.1) is 13.0 Å². The zero-order valence-corrected chi connectivity index (χ0v) is 13.9. The van der Waals surface area contributed by atoms with Crippen molar-refractivity contribution in [2.24, 2.45) is 5.73 Å². The lowest BCUT2D eigenvalue weighted by molar-refractivity contribution is 0.387. The van der Waals surface area contributed by atoms with Crippen molar-refractivity contribution in [3.05, 3.63) is 65.0 Å². The Morgan fingerprint density at radius 1 is 1.17 bits per heavy atom. The summed E-state index contributed by atoms with van der Waals surface area (Å²) < 4.78 is 11.2. The van der Waals surface area contributed by atoms with Gasteiger partial charge in [-0.2, -0.15) is 5.26 Å². The van der Waals surface area contributed by atoms with E-state index in [2.05, 4.69) is 6.07 Å². The van der Waals surface area contributed by atoms with Gasteiger partial charge >= 0.3 is 0 Å². The Labute approximate surface area is 141 Å². The highest BCUT2D eigenvalue weighted by atomic mass is 16.5. The van der Waals surface area contributed by atoms with Crippen molar-refractivity contribution in [1.82, 2.24) is 0 Å². The number of fused-ring (bicyclic) bond motifs is 1. The number of allylic oxidation sites excluding steroid dienone is 1. The maximum Gasteiger partial charge on any atom is 0.205 e. The van der Waals surface area contributed by atoms with Gasteiger partial charge in [-0.1, -0.05) is 24.3 Å². The molecule has 5 nitrogen and oxygen atoms in total. The minimum atomic E-state index is -0.314. The molecule has 5 heteroatoms. The van der Waals surface area contributed by atoms with Crippen molar-refractivity contribution in [3.63, 3.8) is 0 Å². The van der Waals surface area contributed by atoms with E-state index in [4.69, 9.17) is 15.2 Å². The molecule has 1 aliphatic heterocycles. The van der Waals surface area contributed by atoms with Crippen LogP contribution in [0.15, 0.2) is 53.9 Å². The van der Waals surface area contributed by atoms with Crippen molar-refractivity contribution in [1.29, 1.82) is 5.26 Å². The zero-order valence-electron chi connectivity index (χ0n) is 13.9. The third-order valence-electron chi connectivity index (χ3n) is 4.17. The van der Waals surface area contributed by atoms with Crippen LogP contribution in [0.25, 0.3) is 0 Å². The van der Waals surface area contributed by atoms with Gasteiger partial charge in [-0.25, -0.2) is 0 Å². The van der Waals surface area contributed by atoms with Crippen molar-refractivity contribution in [2.45, 2.75) is 5.92 Å². The third-order valence-corrected chi connectivity index (χ3v) is 4.17. The highest BCUT2D eigenvalue weighted by molar-refractivity contribution is 5.62. The molecule has 0 amide bonds. The monoisotopic (exact) mass is 321 g/mol. The second-order valence-corrected chi connectivity index (χ2v) is 5.78. The van der Waals surface area contributed by atoms with E-state index in [0.717, 1.165) is 16.8 Å². The molecule has 0 aliphatic carbocycles. The van der Waals surface area contributed by atoms with Gasteiger partial charge in [0.2, 0.25) is 5.88 Å². The molecule has 2 aromatic rings. The Hall–Kier alpha value is -3.13. The fraction of sp³-hybridized carbons (Fsp3) is 0.211. The number of para-hydroxylation sites is 1. The molecular formula is C19H19N3O2. The molecule has 1 heterocycles. The number of nitrogens with zero attached hydrogens (tertiary/aromatic N) is 2. The normalized spacial score (nSPS) is 16.0. The fourth-order valence-corrected chi connectivity index (χ4v) is 2.95. The Morgan fingerprint density at radius 2 is 1.92 bits per heavy atom. The first-order chi connectivity index (χ1) is 11.6. The first-order valence-electron chi connectivity index (χ1n) is 7.58. The fourth-order valence-electron chi connectivity index (χ4n) is 2.95. The Balaban J connectivity index is 2.23. The molecule has 1 unspecified atom stereocenters. The summed E-state index contributed by atoms with van der Waals surface area (Å²) in [5, 5.41) is 9.61. The van der Waals surface area contributed by atoms with Crippen LogP contribution in [0.2, 0.25) is 0 Å². The summed E-state index contributed by atoms with van der Waals surface area (Å²) in [5.41, 5.74) is 9.21. The van der Waals surface area contributed by atoms with E-state index in [1.807, 2.05) is 61.5 Å². The van der Waals surface area contributed by atoms with E-state index in [1.54, 1.807) is 7.11 Å². The molecule has 0 saturated carbocycles. The van der Waals surface area contributed by atoms with E-state index in [9.17, 15) is 5.26 Å². The van der Waals surface area contributed by atoms with Crippen LogP contribution in [0.1, 0.15) is 17.0 Å². The van der Waals surface area contributed by atoms with Gasteiger partial charge in [0, 0.05) is 37.0 Å². The summed E-state index contributed by atoms with van der Waals surface area (Å²) in [4.78, 5) is 1.99. The molecule has 2 aromatic carbocycles. The predicted molar refractivity (Wildman–Crippen MR) is 93.1 cm³/mol. The smallest absolute Gasteiger partial charge is 0.205 e. The highest BCUT2D eigenvalue weighted by Crippen LogP contribution is 2.45. The lowest BCUT2D eigenvalue weighted by Crippen LogP contribution is -2.22. The van der Waals surface area contributed by atoms with Gasteiger partial charge in [0.15, 0.2) is 0 Å². The molecule has 122 valence electrons. The van der Waals surface area contributed by atoms with Crippen LogP contribution in [0.4, 0.5) is 5.69 Å². The lowest BCUT2D eigenvalue weighted by Gasteiger charge is -2.28. The number of anilines is 1. The molecule has 0 saturated heterocycles. The molecule has 0 fully saturated rings. The van der Waals surface area contributed by atoms with Crippen LogP contribution >= 0.6 is 0 Å². The molecule has 24 heavy (non-hydrogen) atoms. The lowest BCUT2D eigenvalue weighted by atomic mass is 9.83. The number of methoxy groups -OCH3 is 1. The van der Waals surface area contributed by atoms with Crippen LogP contribution in [0.5, 0.6) is 11.5 Å². The molecule has 0 bridgehead atoms. The Bertz CT molecular complexity index is 850. The van der Waals surface area contributed by atoms with Crippen molar-refractivity contribution >= 4 is 5.69 Å². The summed E-state index contributed by atoms with van der Waals surface area (Å²) in [6.07, 6.45) is 0. The van der Waals surface area contributed by atoms with Gasteiger partial charge < -0.3 is 20.1 Å². The summed E-state index contributed by atoms with van der Waals surface area (Å²) in [5.74, 6) is 1.20. The molecule has 1 aliphatic rings. The molecule has 0 aromatic heterocycles. The minimum Gasteiger partial charge on any atom is -0.496 e. The van der Waals surface area contributed by atoms with Crippen LogP contribution in [0, 0.1) is 11.3 Å². The van der Waals surface area contributed by atoms with Gasteiger partial charge in [-0.05, 0) is 12.1 Å². The second kappa shape index (κ2) is 6.17. The number of hydrogen-bond acceptors (Lipinski definition) is 5. The zero-order chi connectivity index (χ0) is 17.3. The predicted octanol–water partition coefficient (Wildman–Crippen LogP) is 2.98. The molecule has 1 atom stereocenters. The van der Waals surface area contributed by atoms with Gasteiger partial charge in [-0.15, -0.1) is 0 Å². The van der Waals surface area contributed by atoms with Crippen LogP contribution < -0.4 is 20.1 Å². The number of nitriles is 1. The third kappa shape index (κ3) is 2.52. The topological polar surface area (TPSA) is 71.5 Å². The van der Waals surface area contributed by atoms with E-state index in [-0.39, 0.29) is 11.8 Å². The molecular weight excluding hydrogens is 302 g/mol.